The van der Waals surface area contributed by atoms with Crippen LogP contribution >= 0.6 is 0 Å². The number of aromatic nitrogens is 2. The van der Waals surface area contributed by atoms with Crippen LogP contribution in [-0.2, 0) is 11.5 Å². The van der Waals surface area contributed by atoms with Crippen molar-refractivity contribution in [3.05, 3.63) is 32.6 Å². The molecule has 1 aromatic rings. The van der Waals surface area contributed by atoms with Crippen molar-refractivity contribution in [1.29, 1.82) is 0 Å². The van der Waals surface area contributed by atoms with Gasteiger partial charge in [0, 0.05) is 6.20 Å². The zero-order valence-electron chi connectivity index (χ0n) is 9.50. The Balaban J connectivity index is 2.17. The van der Waals surface area contributed by atoms with Gasteiger partial charge in [-0.05, 0) is 0 Å². The van der Waals surface area contributed by atoms with Crippen molar-refractivity contribution in [3.63, 3.8) is 0 Å². The lowest BCUT2D eigenvalue weighted by atomic mass is 10.3. The topological polar surface area (TPSA) is 117 Å². The molecule has 1 aliphatic rings. The van der Waals surface area contributed by atoms with Crippen LogP contribution in [0.4, 0.5) is 0 Å². The van der Waals surface area contributed by atoms with Crippen LogP contribution in [0.2, 0.25) is 0 Å². The van der Waals surface area contributed by atoms with Crippen molar-refractivity contribution in [2.24, 2.45) is 4.99 Å². The Morgan fingerprint density at radius 2 is 2.11 bits per heavy atom. The van der Waals surface area contributed by atoms with Crippen LogP contribution in [0.5, 0.6) is 0 Å². The molecule has 2 rings (SSSR count). The smallest absolute Gasteiger partial charge is 0.330 e. The van der Waals surface area contributed by atoms with E-state index in [1.54, 1.807) is 0 Å². The Bertz CT molecular complexity index is 570. The van der Waals surface area contributed by atoms with Gasteiger partial charge in [-0.25, -0.2) is 4.79 Å². The SMILES string of the molecule is O=c1[nH]c(=O)n(COC(CO)CO)cc1C1=NC1. The maximum atomic E-state index is 11.5. The minimum absolute atomic E-state index is 0.165. The molecule has 0 atom stereocenters. The molecule has 3 N–H and O–H groups in total. The van der Waals surface area contributed by atoms with E-state index < -0.39 is 17.4 Å². The normalized spacial score (nSPS) is 13.8. The average molecular weight is 255 g/mol. The predicted molar refractivity (Wildman–Crippen MR) is 61.8 cm³/mol. The second-order valence-electron chi connectivity index (χ2n) is 3.82. The minimum Gasteiger partial charge on any atom is -0.394 e. The van der Waals surface area contributed by atoms with Crippen molar-refractivity contribution in [2.45, 2.75) is 12.8 Å². The van der Waals surface area contributed by atoms with Gasteiger partial charge in [0.05, 0.1) is 31.0 Å². The standard InChI is InChI=1S/C10H13N3O5/c14-3-6(4-15)18-5-13-2-7(8-1-11-8)9(16)12-10(13)17/h2,6,14-15H,1,3-5H2,(H,12,16,17). The lowest BCUT2D eigenvalue weighted by Gasteiger charge is -2.13. The molecular weight excluding hydrogens is 242 g/mol. The van der Waals surface area contributed by atoms with Crippen molar-refractivity contribution < 1.29 is 14.9 Å². The van der Waals surface area contributed by atoms with Gasteiger partial charge in [-0.2, -0.15) is 0 Å². The predicted octanol–water partition coefficient (Wildman–Crippen LogP) is -2.33. The quantitative estimate of drug-likeness (QED) is 0.527. The van der Waals surface area contributed by atoms with Crippen LogP contribution in [0.3, 0.4) is 0 Å². The van der Waals surface area contributed by atoms with Gasteiger partial charge in [-0.1, -0.05) is 0 Å². The third-order valence-corrected chi connectivity index (χ3v) is 2.49. The first-order chi connectivity index (χ1) is 8.65. The maximum Gasteiger partial charge on any atom is 0.330 e. The number of rotatable bonds is 6. The van der Waals surface area contributed by atoms with Gasteiger partial charge >= 0.3 is 5.69 Å². The number of aromatic amines is 1. The summed E-state index contributed by atoms with van der Waals surface area (Å²) in [7, 11) is 0. The van der Waals surface area contributed by atoms with Crippen LogP contribution in [-0.4, -0.2) is 51.3 Å². The monoisotopic (exact) mass is 255 g/mol. The number of nitrogens with one attached hydrogen (secondary N) is 1. The van der Waals surface area contributed by atoms with Crippen molar-refractivity contribution in [3.8, 4) is 0 Å². The zero-order chi connectivity index (χ0) is 13.1. The summed E-state index contributed by atoms with van der Waals surface area (Å²) in [5.41, 5.74) is -0.110. The summed E-state index contributed by atoms with van der Waals surface area (Å²) in [5, 5.41) is 17.6. The van der Waals surface area contributed by atoms with E-state index in [1.807, 2.05) is 0 Å². The summed E-state index contributed by atoms with van der Waals surface area (Å²) in [4.78, 5) is 29.0. The lowest BCUT2D eigenvalue weighted by Crippen LogP contribution is -2.34. The lowest BCUT2D eigenvalue weighted by molar-refractivity contribution is -0.0513. The summed E-state index contributed by atoms with van der Waals surface area (Å²) >= 11 is 0. The molecule has 98 valence electrons. The molecule has 0 spiro atoms. The molecule has 8 heteroatoms. The number of aliphatic hydroxyl groups excluding tert-OH is 2. The maximum absolute atomic E-state index is 11.5. The summed E-state index contributed by atoms with van der Waals surface area (Å²) in [6.07, 6.45) is 0.601. The van der Waals surface area contributed by atoms with E-state index in [1.165, 1.54) is 6.20 Å². The Kier molecular flexibility index (Phi) is 3.70. The first-order valence-corrected chi connectivity index (χ1v) is 5.36. The first-order valence-electron chi connectivity index (χ1n) is 5.36. The van der Waals surface area contributed by atoms with E-state index in [4.69, 9.17) is 14.9 Å². The molecule has 0 aliphatic carbocycles. The molecule has 8 nitrogen and oxygen atoms in total. The highest BCUT2D eigenvalue weighted by Crippen LogP contribution is 2.04. The number of ether oxygens (including phenoxy) is 1. The molecule has 0 unspecified atom stereocenters. The van der Waals surface area contributed by atoms with Gasteiger partial charge in [-0.3, -0.25) is 19.3 Å². The first kappa shape index (κ1) is 12.7. The van der Waals surface area contributed by atoms with E-state index in [0.29, 0.717) is 17.8 Å². The van der Waals surface area contributed by atoms with Crippen molar-refractivity contribution in [2.75, 3.05) is 19.8 Å². The number of aliphatic hydroxyl groups is 2. The molecule has 0 saturated carbocycles. The minimum atomic E-state index is -0.759. The highest BCUT2D eigenvalue weighted by molar-refractivity contribution is 6.09. The fourth-order valence-corrected chi connectivity index (χ4v) is 1.37. The molecule has 0 radical (unpaired) electrons. The number of H-pyrrole nitrogens is 1. The van der Waals surface area contributed by atoms with Crippen LogP contribution in [0.1, 0.15) is 5.56 Å². The Labute approximate surface area is 101 Å². The Morgan fingerprint density at radius 1 is 1.44 bits per heavy atom. The molecule has 0 saturated heterocycles. The molecule has 0 bridgehead atoms. The summed E-state index contributed by atoms with van der Waals surface area (Å²) in [6.45, 7) is -0.373. The van der Waals surface area contributed by atoms with Gasteiger partial charge in [0.2, 0.25) is 0 Å². The van der Waals surface area contributed by atoms with Gasteiger partial charge in [-0.15, -0.1) is 0 Å². The second kappa shape index (κ2) is 5.25. The van der Waals surface area contributed by atoms with Crippen LogP contribution in [0.25, 0.3) is 0 Å². The third-order valence-electron chi connectivity index (χ3n) is 2.49. The summed E-state index contributed by atoms with van der Waals surface area (Å²) < 4.78 is 6.25. The van der Waals surface area contributed by atoms with Crippen molar-refractivity contribution in [1.82, 2.24) is 9.55 Å². The van der Waals surface area contributed by atoms with Gasteiger partial charge in [0.15, 0.2) is 0 Å². The van der Waals surface area contributed by atoms with E-state index in [-0.39, 0.29) is 19.9 Å². The second-order valence-corrected chi connectivity index (χ2v) is 3.82. The number of aliphatic imine (C=N–C) groups is 1. The van der Waals surface area contributed by atoms with Gasteiger partial charge in [0.25, 0.3) is 5.56 Å². The van der Waals surface area contributed by atoms with Crippen LogP contribution < -0.4 is 11.2 Å². The summed E-state index contributed by atoms with van der Waals surface area (Å²) in [5.74, 6) is 0. The van der Waals surface area contributed by atoms with E-state index in [9.17, 15) is 9.59 Å². The molecule has 18 heavy (non-hydrogen) atoms. The molecule has 1 aliphatic heterocycles. The van der Waals surface area contributed by atoms with E-state index in [0.717, 1.165) is 4.57 Å². The highest BCUT2D eigenvalue weighted by Gasteiger charge is 2.18. The molecule has 0 fully saturated rings. The average Bonchev–Trinajstić information content (AvgIpc) is 3.17. The van der Waals surface area contributed by atoms with Gasteiger partial charge in [0.1, 0.15) is 12.8 Å². The number of hydrogen-bond acceptors (Lipinski definition) is 6. The number of hydrogen-bond donors (Lipinski definition) is 3. The third kappa shape index (κ3) is 2.73. The van der Waals surface area contributed by atoms with Crippen molar-refractivity contribution >= 4 is 5.71 Å². The zero-order valence-corrected chi connectivity index (χ0v) is 9.50. The largest absolute Gasteiger partial charge is 0.394 e. The Hall–Kier alpha value is -1.77. The van der Waals surface area contributed by atoms with Gasteiger partial charge < -0.3 is 14.9 Å². The fraction of sp³-hybridized carbons (Fsp3) is 0.500. The highest BCUT2D eigenvalue weighted by atomic mass is 16.5. The van der Waals surface area contributed by atoms with E-state index in [2.05, 4.69) is 9.98 Å². The van der Waals surface area contributed by atoms with E-state index >= 15 is 0 Å². The number of nitrogens with zero attached hydrogens (tertiary/aromatic N) is 2. The molecule has 0 amide bonds. The molecule has 2 heterocycles. The molecule has 1 aromatic heterocycles. The van der Waals surface area contributed by atoms with Crippen LogP contribution in [0, 0.1) is 0 Å². The fourth-order valence-electron chi connectivity index (χ4n) is 1.37. The Morgan fingerprint density at radius 3 is 2.67 bits per heavy atom. The van der Waals surface area contributed by atoms with Crippen LogP contribution in [0.15, 0.2) is 20.8 Å². The summed E-state index contributed by atoms with van der Waals surface area (Å²) in [6, 6.07) is 0. The molecule has 0 aromatic carbocycles. The molecular formula is C10H13N3O5.